The summed E-state index contributed by atoms with van der Waals surface area (Å²) in [7, 11) is 0. The van der Waals surface area contributed by atoms with Crippen molar-refractivity contribution in [3.63, 3.8) is 0 Å². The molecule has 15 heavy (non-hydrogen) atoms. The van der Waals surface area contributed by atoms with Crippen LogP contribution in [-0.4, -0.2) is 15.9 Å². The van der Waals surface area contributed by atoms with Gasteiger partial charge < -0.3 is 4.98 Å². The van der Waals surface area contributed by atoms with Crippen molar-refractivity contribution in [2.24, 2.45) is 0 Å². The van der Waals surface area contributed by atoms with Crippen LogP contribution in [0.25, 0.3) is 11.3 Å². The molecule has 1 aromatic heterocycles. The molecule has 0 atom stereocenters. The molecule has 0 spiro atoms. The molecule has 1 radical (unpaired) electrons. The van der Waals surface area contributed by atoms with Gasteiger partial charge in [-0.2, -0.15) is 0 Å². The van der Waals surface area contributed by atoms with E-state index in [1.54, 1.807) is 6.20 Å². The highest BCUT2D eigenvalue weighted by atomic mass is 16.1. The van der Waals surface area contributed by atoms with Gasteiger partial charge >= 0.3 is 0 Å². The molecular weight excluding hydrogens is 190 g/mol. The van der Waals surface area contributed by atoms with E-state index in [4.69, 9.17) is 0 Å². The zero-order valence-corrected chi connectivity index (χ0v) is 8.24. The van der Waals surface area contributed by atoms with Gasteiger partial charge in [0, 0.05) is 18.7 Å². The summed E-state index contributed by atoms with van der Waals surface area (Å²) in [5, 5.41) is 2.58. The number of aromatic nitrogens is 2. The van der Waals surface area contributed by atoms with Crippen molar-refractivity contribution >= 4 is 11.9 Å². The molecule has 2 aromatic rings. The number of carbonyl (C=O) groups is 1. The van der Waals surface area contributed by atoms with Crippen molar-refractivity contribution < 1.29 is 4.79 Å². The van der Waals surface area contributed by atoms with Crippen LogP contribution in [-0.2, 0) is 4.79 Å². The molecule has 0 fully saturated rings. The van der Waals surface area contributed by atoms with Crippen LogP contribution in [0.2, 0.25) is 0 Å². The van der Waals surface area contributed by atoms with Crippen molar-refractivity contribution in [1.82, 2.24) is 9.97 Å². The van der Waals surface area contributed by atoms with Gasteiger partial charge in [-0.25, -0.2) is 4.98 Å². The number of rotatable bonds is 2. The number of anilines is 1. The highest BCUT2D eigenvalue weighted by molar-refractivity contribution is 5.87. The fourth-order valence-corrected chi connectivity index (χ4v) is 1.26. The quantitative estimate of drug-likeness (QED) is 0.777. The van der Waals surface area contributed by atoms with Gasteiger partial charge in [-0.3, -0.25) is 10.1 Å². The topological polar surface area (TPSA) is 57.8 Å². The second-order valence-electron chi connectivity index (χ2n) is 3.10. The molecule has 0 aliphatic carbocycles. The summed E-state index contributed by atoms with van der Waals surface area (Å²) >= 11 is 0. The van der Waals surface area contributed by atoms with E-state index < -0.39 is 0 Å². The minimum absolute atomic E-state index is 0.141. The number of imidazole rings is 1. The summed E-state index contributed by atoms with van der Waals surface area (Å²) in [6, 6.07) is 10.4. The predicted molar refractivity (Wildman–Crippen MR) is 57.2 cm³/mol. The maximum absolute atomic E-state index is 10.8. The van der Waals surface area contributed by atoms with Gasteiger partial charge in [0.1, 0.15) is 0 Å². The summed E-state index contributed by atoms with van der Waals surface area (Å²) in [4.78, 5) is 17.9. The Morgan fingerprint density at radius 1 is 1.47 bits per heavy atom. The van der Waals surface area contributed by atoms with E-state index in [-0.39, 0.29) is 5.91 Å². The van der Waals surface area contributed by atoms with Gasteiger partial charge in [0.15, 0.2) is 0 Å². The number of amides is 1. The Kier molecular flexibility index (Phi) is 2.49. The molecule has 75 valence electrons. The van der Waals surface area contributed by atoms with Crippen molar-refractivity contribution in [3.8, 4) is 11.3 Å². The second kappa shape index (κ2) is 3.96. The van der Waals surface area contributed by atoms with Gasteiger partial charge in [-0.1, -0.05) is 24.3 Å². The average Bonchev–Trinajstić information content (AvgIpc) is 2.67. The van der Waals surface area contributed by atoms with Crippen molar-refractivity contribution in [2.75, 3.05) is 5.32 Å². The van der Waals surface area contributed by atoms with Crippen LogP contribution in [0.3, 0.4) is 0 Å². The number of hydrogen-bond acceptors (Lipinski definition) is 2. The summed E-state index contributed by atoms with van der Waals surface area (Å²) in [5.74, 6) is 0.322. The third-order valence-electron chi connectivity index (χ3n) is 1.89. The summed E-state index contributed by atoms with van der Waals surface area (Å²) in [6.45, 7) is 1.44. The molecule has 4 heteroatoms. The van der Waals surface area contributed by atoms with Crippen LogP contribution < -0.4 is 5.32 Å². The van der Waals surface area contributed by atoms with Crippen LogP contribution in [0.5, 0.6) is 0 Å². The Labute approximate surface area is 87.4 Å². The maximum atomic E-state index is 10.8. The Morgan fingerprint density at radius 2 is 2.20 bits per heavy atom. The lowest BCUT2D eigenvalue weighted by molar-refractivity contribution is -0.114. The minimum atomic E-state index is -0.141. The van der Waals surface area contributed by atoms with E-state index in [0.29, 0.717) is 5.95 Å². The van der Waals surface area contributed by atoms with Crippen molar-refractivity contribution in [3.05, 3.63) is 36.5 Å². The Balaban J connectivity index is 2.24. The van der Waals surface area contributed by atoms with E-state index in [1.807, 2.05) is 24.3 Å². The van der Waals surface area contributed by atoms with Gasteiger partial charge in [0.2, 0.25) is 11.9 Å². The van der Waals surface area contributed by atoms with Crippen molar-refractivity contribution in [1.29, 1.82) is 0 Å². The molecular formula is C11H10N3O. The molecule has 0 saturated heterocycles. The summed E-state index contributed by atoms with van der Waals surface area (Å²) in [6.07, 6.45) is 1.75. The molecule has 1 heterocycles. The molecule has 0 bridgehead atoms. The van der Waals surface area contributed by atoms with Crippen LogP contribution in [0, 0.1) is 6.07 Å². The van der Waals surface area contributed by atoms with E-state index in [2.05, 4.69) is 21.4 Å². The smallest absolute Gasteiger partial charge is 0.223 e. The number of hydrogen-bond donors (Lipinski definition) is 2. The summed E-state index contributed by atoms with van der Waals surface area (Å²) < 4.78 is 0. The molecule has 0 unspecified atom stereocenters. The Morgan fingerprint density at radius 3 is 2.87 bits per heavy atom. The van der Waals surface area contributed by atoms with Gasteiger partial charge in [0.05, 0.1) is 5.69 Å². The minimum Gasteiger partial charge on any atom is -0.330 e. The first-order valence-electron chi connectivity index (χ1n) is 4.55. The lowest BCUT2D eigenvalue weighted by Crippen LogP contribution is -2.06. The molecule has 1 amide bonds. The second-order valence-corrected chi connectivity index (χ2v) is 3.10. The fourth-order valence-electron chi connectivity index (χ4n) is 1.26. The third-order valence-corrected chi connectivity index (χ3v) is 1.89. The number of H-pyrrole nitrogens is 1. The molecule has 0 saturated carbocycles. The van der Waals surface area contributed by atoms with E-state index in [9.17, 15) is 4.79 Å². The Hall–Kier alpha value is -2.10. The first-order chi connectivity index (χ1) is 7.25. The van der Waals surface area contributed by atoms with Crippen LogP contribution >= 0.6 is 0 Å². The standard InChI is InChI=1S/C11H10N3O/c1-8(15)13-11-12-7-10(14-11)9-5-3-2-4-6-9/h3-7H,1H3,(H2,12,13,14,15). The van der Waals surface area contributed by atoms with Crippen LogP contribution in [0.15, 0.2) is 30.5 Å². The largest absolute Gasteiger partial charge is 0.330 e. The average molecular weight is 200 g/mol. The molecule has 2 rings (SSSR count). The maximum Gasteiger partial charge on any atom is 0.223 e. The number of aromatic amines is 1. The van der Waals surface area contributed by atoms with Gasteiger partial charge in [0.25, 0.3) is 0 Å². The lowest BCUT2D eigenvalue weighted by Gasteiger charge is -1.95. The number of carbonyl (C=O) groups excluding carboxylic acids is 1. The van der Waals surface area contributed by atoms with Crippen LogP contribution in [0.4, 0.5) is 5.95 Å². The number of nitrogens with one attached hydrogen (secondary N) is 2. The zero-order valence-electron chi connectivity index (χ0n) is 8.24. The normalized spacial score (nSPS) is 9.93. The predicted octanol–water partition coefficient (Wildman–Crippen LogP) is 1.84. The third kappa shape index (κ3) is 2.22. The molecule has 4 nitrogen and oxygen atoms in total. The van der Waals surface area contributed by atoms with Gasteiger partial charge in [-0.05, 0) is 6.07 Å². The van der Waals surface area contributed by atoms with Gasteiger partial charge in [-0.15, -0.1) is 0 Å². The van der Waals surface area contributed by atoms with Crippen molar-refractivity contribution in [2.45, 2.75) is 6.92 Å². The molecule has 2 N–H and O–H groups in total. The highest BCUT2D eigenvalue weighted by Crippen LogP contribution is 2.17. The molecule has 1 aromatic carbocycles. The monoisotopic (exact) mass is 200 g/mol. The number of nitrogens with zero attached hydrogens (tertiary/aromatic N) is 1. The summed E-state index contributed by atoms with van der Waals surface area (Å²) in [5.41, 5.74) is 1.79. The first kappa shape index (κ1) is 9.45. The fraction of sp³-hybridized carbons (Fsp3) is 0.0909. The van der Waals surface area contributed by atoms with Crippen LogP contribution in [0.1, 0.15) is 6.92 Å². The molecule has 0 aliphatic rings. The SMILES string of the molecule is CC(=O)Nc1nc(-c2cc[c]cc2)c[nH]1. The Bertz CT molecular complexity index is 462. The van der Waals surface area contributed by atoms with E-state index in [0.717, 1.165) is 11.3 Å². The first-order valence-corrected chi connectivity index (χ1v) is 4.55. The lowest BCUT2D eigenvalue weighted by atomic mass is 10.2. The molecule has 0 aliphatic heterocycles. The zero-order chi connectivity index (χ0) is 10.7. The van der Waals surface area contributed by atoms with E-state index in [1.165, 1.54) is 6.92 Å². The highest BCUT2D eigenvalue weighted by Gasteiger charge is 2.03. The van der Waals surface area contributed by atoms with E-state index >= 15 is 0 Å². The number of benzene rings is 1.